The fraction of sp³-hybridized carbons (Fsp3) is 0.375. The van der Waals surface area contributed by atoms with Gasteiger partial charge in [0.1, 0.15) is 0 Å². The molecule has 0 aromatic heterocycles. The van der Waals surface area contributed by atoms with Crippen LogP contribution in [-0.2, 0) is 25.5 Å². The van der Waals surface area contributed by atoms with Gasteiger partial charge in [0.25, 0.3) is 11.6 Å². The molecule has 2 aromatic rings. The highest BCUT2D eigenvalue weighted by atomic mass is 16.7. The van der Waals surface area contributed by atoms with E-state index in [0.29, 0.717) is 16.9 Å². The van der Waals surface area contributed by atoms with Gasteiger partial charge in [0, 0.05) is 38.6 Å². The molecule has 4 amide bonds. The Morgan fingerprint density at radius 2 is 1.74 bits per heavy atom. The van der Waals surface area contributed by atoms with E-state index in [0.717, 1.165) is 16.0 Å². The highest BCUT2D eigenvalue weighted by Gasteiger charge is 2.57. The van der Waals surface area contributed by atoms with Crippen LogP contribution in [0.4, 0.5) is 21.9 Å². The number of non-ortho nitro benzene ring substituents is 1. The number of imide groups is 2. The minimum atomic E-state index is -1.69. The van der Waals surface area contributed by atoms with E-state index in [1.165, 1.54) is 26.4 Å². The van der Waals surface area contributed by atoms with E-state index in [4.69, 9.17) is 9.47 Å². The molecule has 2 aliphatic heterocycles. The molecule has 11 nitrogen and oxygen atoms in total. The van der Waals surface area contributed by atoms with Crippen molar-refractivity contribution in [3.63, 3.8) is 0 Å². The zero-order chi connectivity index (χ0) is 25.5. The van der Waals surface area contributed by atoms with Gasteiger partial charge in [-0.3, -0.25) is 25.0 Å². The van der Waals surface area contributed by atoms with E-state index in [-0.39, 0.29) is 25.2 Å². The van der Waals surface area contributed by atoms with Crippen molar-refractivity contribution < 1.29 is 28.8 Å². The number of anilines is 2. The van der Waals surface area contributed by atoms with Crippen LogP contribution in [0.1, 0.15) is 16.7 Å². The average Bonchev–Trinajstić information content (AvgIpc) is 2.80. The Hall–Kier alpha value is -3.83. The van der Waals surface area contributed by atoms with E-state index < -0.39 is 34.5 Å². The number of nitro groups is 1. The van der Waals surface area contributed by atoms with E-state index in [9.17, 15) is 24.5 Å². The molecule has 2 aromatic carbocycles. The number of hydrogen-bond donors (Lipinski definition) is 1. The summed E-state index contributed by atoms with van der Waals surface area (Å²) in [6.07, 6.45) is -0.795. The Morgan fingerprint density at radius 3 is 2.34 bits per heavy atom. The minimum absolute atomic E-state index is 0.0692. The molecular weight excluding hydrogens is 456 g/mol. The first-order valence-electron chi connectivity index (χ1n) is 11.0. The van der Waals surface area contributed by atoms with Crippen LogP contribution in [0.3, 0.4) is 0 Å². The number of rotatable bonds is 6. The van der Waals surface area contributed by atoms with Crippen molar-refractivity contribution in [1.82, 2.24) is 5.32 Å². The molecule has 184 valence electrons. The number of benzene rings is 2. The van der Waals surface area contributed by atoms with Crippen LogP contribution in [0.5, 0.6) is 0 Å². The summed E-state index contributed by atoms with van der Waals surface area (Å²) in [6.45, 7) is 3.77. The summed E-state index contributed by atoms with van der Waals surface area (Å²) >= 11 is 0. The molecule has 1 saturated heterocycles. The van der Waals surface area contributed by atoms with Crippen LogP contribution in [0.15, 0.2) is 36.4 Å². The fourth-order valence-electron chi connectivity index (χ4n) is 4.80. The number of barbiturate groups is 1. The molecule has 0 bridgehead atoms. The molecule has 2 heterocycles. The zero-order valence-electron chi connectivity index (χ0n) is 19.9. The van der Waals surface area contributed by atoms with Crippen molar-refractivity contribution in [3.05, 3.63) is 63.2 Å². The second-order valence-electron chi connectivity index (χ2n) is 8.86. The van der Waals surface area contributed by atoms with E-state index in [1.54, 1.807) is 23.1 Å². The molecule has 35 heavy (non-hydrogen) atoms. The normalized spacial score (nSPS) is 19.9. The molecular formula is C24H26N4O7. The first-order chi connectivity index (χ1) is 16.6. The number of amides is 4. The van der Waals surface area contributed by atoms with Gasteiger partial charge in [0.15, 0.2) is 11.7 Å². The largest absolute Gasteiger partial charge is 0.365 e. The molecule has 4 rings (SSSR count). The standard InChI is InChI=1S/C24H26N4O7/c1-14-7-15(2)9-18(8-14)27-22(30)24(21(29)25-23(27)31)11-16-10-17(28(32)33)5-6-19(16)26(13-24)12-20(34-3)35-4/h5-10,20H,11-13H2,1-4H3,(H,25,29,31). The molecule has 0 radical (unpaired) electrons. The minimum Gasteiger partial charge on any atom is -0.365 e. The Bertz CT molecular complexity index is 1210. The molecule has 0 saturated carbocycles. The highest BCUT2D eigenvalue weighted by molar-refractivity contribution is 6.30. The lowest BCUT2D eigenvalue weighted by Gasteiger charge is -2.46. The van der Waals surface area contributed by atoms with Crippen molar-refractivity contribution in [2.24, 2.45) is 5.41 Å². The number of fused-ring (bicyclic) bond motifs is 1. The summed E-state index contributed by atoms with van der Waals surface area (Å²) in [4.78, 5) is 53.7. The highest BCUT2D eigenvalue weighted by Crippen LogP contribution is 2.42. The molecule has 2 aliphatic rings. The lowest BCUT2D eigenvalue weighted by molar-refractivity contribution is -0.384. The van der Waals surface area contributed by atoms with Crippen LogP contribution in [-0.4, -0.2) is 56.4 Å². The van der Waals surface area contributed by atoms with Gasteiger partial charge in [-0.05, 0) is 55.2 Å². The summed E-state index contributed by atoms with van der Waals surface area (Å²) in [5.41, 5.74) is 1.24. The first-order valence-corrected chi connectivity index (χ1v) is 11.0. The fourth-order valence-corrected chi connectivity index (χ4v) is 4.80. The third kappa shape index (κ3) is 4.24. The van der Waals surface area contributed by atoms with Gasteiger partial charge in [-0.25, -0.2) is 9.69 Å². The number of carbonyl (C=O) groups excluding carboxylic acids is 3. The Labute approximate surface area is 201 Å². The van der Waals surface area contributed by atoms with Gasteiger partial charge >= 0.3 is 6.03 Å². The first kappa shape index (κ1) is 24.3. The molecule has 1 N–H and O–H groups in total. The van der Waals surface area contributed by atoms with E-state index in [2.05, 4.69) is 5.32 Å². The van der Waals surface area contributed by atoms with Crippen molar-refractivity contribution in [2.75, 3.05) is 37.1 Å². The predicted molar refractivity (Wildman–Crippen MR) is 126 cm³/mol. The van der Waals surface area contributed by atoms with Crippen molar-refractivity contribution in [3.8, 4) is 0 Å². The molecule has 1 spiro atoms. The molecule has 1 fully saturated rings. The van der Waals surface area contributed by atoms with E-state index >= 15 is 0 Å². The van der Waals surface area contributed by atoms with Gasteiger partial charge in [-0.15, -0.1) is 0 Å². The second-order valence-corrected chi connectivity index (χ2v) is 8.86. The van der Waals surface area contributed by atoms with Crippen molar-refractivity contribution in [2.45, 2.75) is 26.6 Å². The summed E-state index contributed by atoms with van der Waals surface area (Å²) in [5, 5.41) is 13.8. The third-order valence-electron chi connectivity index (χ3n) is 6.40. The summed E-state index contributed by atoms with van der Waals surface area (Å²) in [6, 6.07) is 8.77. The van der Waals surface area contributed by atoms with Gasteiger partial charge < -0.3 is 14.4 Å². The number of urea groups is 1. The lowest BCUT2D eigenvalue weighted by Crippen LogP contribution is -2.69. The number of methoxy groups -OCH3 is 2. The quantitative estimate of drug-likeness (QED) is 0.288. The predicted octanol–water partition coefficient (Wildman–Crippen LogP) is 2.46. The maximum atomic E-state index is 14.0. The Balaban J connectivity index is 1.84. The van der Waals surface area contributed by atoms with Crippen LogP contribution >= 0.6 is 0 Å². The molecule has 1 unspecified atom stereocenters. The number of nitrogens with zero attached hydrogens (tertiary/aromatic N) is 3. The van der Waals surface area contributed by atoms with Crippen molar-refractivity contribution >= 4 is 34.9 Å². The Kier molecular flexibility index (Phi) is 6.30. The summed E-state index contributed by atoms with van der Waals surface area (Å²) in [5.74, 6) is -1.44. The number of nitro benzene ring substituents is 1. The molecule has 0 aliphatic carbocycles. The number of carbonyl (C=O) groups is 3. The smallest absolute Gasteiger partial charge is 0.335 e. The van der Waals surface area contributed by atoms with Gasteiger partial charge in [-0.1, -0.05) is 6.07 Å². The number of nitrogens with one attached hydrogen (secondary N) is 1. The third-order valence-corrected chi connectivity index (χ3v) is 6.40. The van der Waals surface area contributed by atoms with Gasteiger partial charge in [0.05, 0.1) is 17.2 Å². The Morgan fingerprint density at radius 1 is 1.09 bits per heavy atom. The van der Waals surface area contributed by atoms with E-state index in [1.807, 2.05) is 19.9 Å². The molecule has 11 heteroatoms. The number of ether oxygens (including phenoxy) is 2. The summed E-state index contributed by atoms with van der Waals surface area (Å²) in [7, 11) is 2.92. The van der Waals surface area contributed by atoms with Crippen LogP contribution < -0.4 is 15.1 Å². The van der Waals surface area contributed by atoms with Crippen LogP contribution in [0.2, 0.25) is 0 Å². The van der Waals surface area contributed by atoms with Crippen molar-refractivity contribution in [1.29, 1.82) is 0 Å². The van der Waals surface area contributed by atoms with Crippen LogP contribution in [0.25, 0.3) is 0 Å². The number of hydrogen-bond acceptors (Lipinski definition) is 8. The maximum absolute atomic E-state index is 14.0. The maximum Gasteiger partial charge on any atom is 0.335 e. The molecule has 1 atom stereocenters. The lowest BCUT2D eigenvalue weighted by atomic mass is 9.74. The van der Waals surface area contributed by atoms with Gasteiger partial charge in [-0.2, -0.15) is 0 Å². The average molecular weight is 482 g/mol. The number of aryl methyl sites for hydroxylation is 2. The summed E-state index contributed by atoms with van der Waals surface area (Å²) < 4.78 is 10.6. The monoisotopic (exact) mass is 482 g/mol. The van der Waals surface area contributed by atoms with Gasteiger partial charge in [0.2, 0.25) is 5.91 Å². The zero-order valence-corrected chi connectivity index (χ0v) is 19.9. The van der Waals surface area contributed by atoms with Crippen LogP contribution in [0, 0.1) is 29.4 Å². The SMILES string of the molecule is COC(CN1CC2(Cc3cc([N+](=O)[O-])ccc31)C(=O)NC(=O)N(c1cc(C)cc(C)c1)C2=O)OC. The second kappa shape index (κ2) is 9.08. The topological polar surface area (TPSA) is 131 Å².